The first-order chi connectivity index (χ1) is 8.76. The summed E-state index contributed by atoms with van der Waals surface area (Å²) in [6.07, 6.45) is 2.20. The number of nitrogens with one attached hydrogen (secondary N) is 2. The number of ether oxygens (including phenoxy) is 1. The maximum atomic E-state index is 11.4. The molecule has 0 aliphatic heterocycles. The van der Waals surface area contributed by atoms with Gasteiger partial charge < -0.3 is 20.5 Å². The van der Waals surface area contributed by atoms with E-state index in [1.807, 2.05) is 13.0 Å². The number of nitrogens with zero attached hydrogens (tertiary/aromatic N) is 1. The lowest BCUT2D eigenvalue weighted by Crippen LogP contribution is -2.35. The van der Waals surface area contributed by atoms with Crippen LogP contribution in [-0.4, -0.2) is 35.9 Å². The third kappa shape index (κ3) is 5.49. The molecule has 100 valence electrons. The molecule has 0 aromatic carbocycles. The average molecular weight is 253 g/mol. The number of aliphatic hydroxyl groups is 1. The lowest BCUT2D eigenvalue weighted by atomic mass is 10.2. The summed E-state index contributed by atoms with van der Waals surface area (Å²) in [5.74, 6) is 0.553. The molecule has 0 aliphatic carbocycles. The fourth-order valence-corrected chi connectivity index (χ4v) is 1.31. The van der Waals surface area contributed by atoms with E-state index < -0.39 is 0 Å². The van der Waals surface area contributed by atoms with Crippen molar-refractivity contribution in [3.05, 3.63) is 23.9 Å². The van der Waals surface area contributed by atoms with Crippen molar-refractivity contribution < 1.29 is 14.6 Å². The summed E-state index contributed by atoms with van der Waals surface area (Å²) < 4.78 is 5.27. The fourth-order valence-electron chi connectivity index (χ4n) is 1.31. The van der Waals surface area contributed by atoms with E-state index in [1.54, 1.807) is 12.3 Å². The van der Waals surface area contributed by atoms with E-state index in [1.165, 1.54) is 0 Å². The Bertz CT molecular complexity index is 371. The highest BCUT2D eigenvalue weighted by molar-refractivity contribution is 5.73. The quantitative estimate of drug-likeness (QED) is 0.623. The van der Waals surface area contributed by atoms with Crippen LogP contribution in [0.25, 0.3) is 0 Å². The van der Waals surface area contributed by atoms with Gasteiger partial charge in [0.1, 0.15) is 0 Å². The number of carbonyl (C=O) groups excluding carboxylic acids is 1. The molecular weight excluding hydrogens is 234 g/mol. The molecule has 0 bridgehead atoms. The second-order valence-corrected chi connectivity index (χ2v) is 3.62. The molecule has 6 heteroatoms. The Morgan fingerprint density at radius 1 is 1.50 bits per heavy atom. The van der Waals surface area contributed by atoms with Crippen LogP contribution in [0.3, 0.4) is 0 Å². The van der Waals surface area contributed by atoms with E-state index in [2.05, 4.69) is 15.6 Å². The van der Waals surface area contributed by atoms with Gasteiger partial charge in [-0.25, -0.2) is 9.78 Å². The van der Waals surface area contributed by atoms with Gasteiger partial charge in [-0.05, 0) is 25.0 Å². The molecule has 18 heavy (non-hydrogen) atoms. The molecule has 0 atom stereocenters. The van der Waals surface area contributed by atoms with E-state index in [4.69, 9.17) is 9.84 Å². The van der Waals surface area contributed by atoms with Crippen LogP contribution in [-0.2, 0) is 6.54 Å². The van der Waals surface area contributed by atoms with Gasteiger partial charge in [0.15, 0.2) is 0 Å². The second-order valence-electron chi connectivity index (χ2n) is 3.62. The SMILES string of the molecule is CCOc1cc(CNC(=O)NCCCO)ccn1. The van der Waals surface area contributed by atoms with Crippen LogP contribution in [0, 0.1) is 0 Å². The van der Waals surface area contributed by atoms with E-state index in [-0.39, 0.29) is 12.6 Å². The highest BCUT2D eigenvalue weighted by Gasteiger charge is 2.01. The van der Waals surface area contributed by atoms with Crippen molar-refractivity contribution in [1.29, 1.82) is 0 Å². The molecule has 1 rings (SSSR count). The van der Waals surface area contributed by atoms with E-state index in [9.17, 15) is 4.79 Å². The van der Waals surface area contributed by atoms with E-state index >= 15 is 0 Å². The monoisotopic (exact) mass is 253 g/mol. The van der Waals surface area contributed by atoms with Crippen molar-refractivity contribution >= 4 is 6.03 Å². The Morgan fingerprint density at radius 3 is 3.06 bits per heavy atom. The minimum absolute atomic E-state index is 0.0718. The van der Waals surface area contributed by atoms with Gasteiger partial charge in [0.2, 0.25) is 5.88 Å². The van der Waals surface area contributed by atoms with Crippen LogP contribution in [0.2, 0.25) is 0 Å². The number of carbonyl (C=O) groups is 1. The number of aliphatic hydroxyl groups excluding tert-OH is 1. The highest BCUT2D eigenvalue weighted by Crippen LogP contribution is 2.08. The summed E-state index contributed by atoms with van der Waals surface area (Å²) in [5, 5.41) is 13.9. The first kappa shape index (κ1) is 14.2. The largest absolute Gasteiger partial charge is 0.478 e. The Balaban J connectivity index is 2.33. The molecule has 1 aromatic heterocycles. The van der Waals surface area contributed by atoms with Crippen molar-refractivity contribution in [2.75, 3.05) is 19.8 Å². The fraction of sp³-hybridized carbons (Fsp3) is 0.500. The zero-order valence-corrected chi connectivity index (χ0v) is 10.5. The Hall–Kier alpha value is -1.82. The van der Waals surface area contributed by atoms with Crippen molar-refractivity contribution in [2.24, 2.45) is 0 Å². The Labute approximate surface area is 106 Å². The van der Waals surface area contributed by atoms with Crippen LogP contribution in [0.15, 0.2) is 18.3 Å². The molecule has 0 fully saturated rings. The maximum absolute atomic E-state index is 11.4. The van der Waals surface area contributed by atoms with Gasteiger partial charge in [-0.3, -0.25) is 0 Å². The Morgan fingerprint density at radius 2 is 2.33 bits per heavy atom. The molecule has 0 saturated carbocycles. The number of hydrogen-bond acceptors (Lipinski definition) is 4. The lowest BCUT2D eigenvalue weighted by molar-refractivity contribution is 0.237. The molecule has 0 radical (unpaired) electrons. The molecule has 0 aliphatic rings. The molecule has 2 amide bonds. The van der Waals surface area contributed by atoms with Crippen LogP contribution < -0.4 is 15.4 Å². The predicted molar refractivity (Wildman–Crippen MR) is 67.3 cm³/mol. The smallest absolute Gasteiger partial charge is 0.315 e. The number of hydrogen-bond donors (Lipinski definition) is 3. The second kappa shape index (κ2) is 8.30. The first-order valence-electron chi connectivity index (χ1n) is 5.96. The summed E-state index contributed by atoms with van der Waals surface area (Å²) >= 11 is 0. The van der Waals surface area contributed by atoms with Crippen molar-refractivity contribution in [1.82, 2.24) is 15.6 Å². The standard InChI is InChI=1S/C12H19N3O3/c1-2-18-11-8-10(4-6-13-11)9-15-12(17)14-5-3-7-16/h4,6,8,16H,2-3,5,7,9H2,1H3,(H2,14,15,17). The summed E-state index contributed by atoms with van der Waals surface area (Å²) in [6, 6.07) is 3.35. The Kier molecular flexibility index (Phi) is 6.56. The maximum Gasteiger partial charge on any atom is 0.315 e. The summed E-state index contributed by atoms with van der Waals surface area (Å²) in [5.41, 5.74) is 0.922. The third-order valence-corrected chi connectivity index (χ3v) is 2.16. The summed E-state index contributed by atoms with van der Waals surface area (Å²) in [6.45, 7) is 3.39. The normalized spacial score (nSPS) is 9.89. The molecular formula is C12H19N3O3. The minimum atomic E-state index is -0.252. The van der Waals surface area contributed by atoms with E-state index in [0.29, 0.717) is 32.0 Å². The molecule has 0 saturated heterocycles. The van der Waals surface area contributed by atoms with Gasteiger partial charge >= 0.3 is 6.03 Å². The zero-order chi connectivity index (χ0) is 13.2. The number of aromatic nitrogens is 1. The van der Waals surface area contributed by atoms with Gasteiger partial charge in [-0.15, -0.1) is 0 Å². The average Bonchev–Trinajstić information content (AvgIpc) is 2.38. The van der Waals surface area contributed by atoms with Crippen molar-refractivity contribution in [3.63, 3.8) is 0 Å². The van der Waals surface area contributed by atoms with Gasteiger partial charge in [-0.2, -0.15) is 0 Å². The molecule has 3 N–H and O–H groups in total. The highest BCUT2D eigenvalue weighted by atomic mass is 16.5. The van der Waals surface area contributed by atoms with E-state index in [0.717, 1.165) is 5.56 Å². The predicted octanol–water partition coefficient (Wildman–Crippen LogP) is 0.662. The van der Waals surface area contributed by atoms with Crippen molar-refractivity contribution in [3.8, 4) is 5.88 Å². The molecule has 1 aromatic rings. The van der Waals surface area contributed by atoms with Crippen LogP contribution in [0.1, 0.15) is 18.9 Å². The van der Waals surface area contributed by atoms with Crippen molar-refractivity contribution in [2.45, 2.75) is 19.9 Å². The van der Waals surface area contributed by atoms with Crippen LogP contribution in [0.5, 0.6) is 5.88 Å². The number of urea groups is 1. The first-order valence-corrected chi connectivity index (χ1v) is 5.96. The molecule has 1 heterocycles. The van der Waals surface area contributed by atoms with Gasteiger partial charge in [0.05, 0.1) is 6.61 Å². The number of amides is 2. The van der Waals surface area contributed by atoms with Crippen LogP contribution in [0.4, 0.5) is 4.79 Å². The van der Waals surface area contributed by atoms with Gasteiger partial charge in [0, 0.05) is 32.0 Å². The summed E-state index contributed by atoms with van der Waals surface area (Å²) in [7, 11) is 0. The molecule has 6 nitrogen and oxygen atoms in total. The minimum Gasteiger partial charge on any atom is -0.478 e. The molecule has 0 spiro atoms. The lowest BCUT2D eigenvalue weighted by Gasteiger charge is -2.08. The number of pyridine rings is 1. The van der Waals surface area contributed by atoms with Gasteiger partial charge in [-0.1, -0.05) is 0 Å². The topological polar surface area (TPSA) is 83.5 Å². The number of rotatable bonds is 7. The third-order valence-electron chi connectivity index (χ3n) is 2.16. The van der Waals surface area contributed by atoms with Crippen LogP contribution >= 0.6 is 0 Å². The summed E-state index contributed by atoms with van der Waals surface area (Å²) in [4.78, 5) is 15.4. The molecule has 0 unspecified atom stereocenters. The zero-order valence-electron chi connectivity index (χ0n) is 10.5. The van der Waals surface area contributed by atoms with Gasteiger partial charge in [0.25, 0.3) is 0 Å².